The summed E-state index contributed by atoms with van der Waals surface area (Å²) in [5.74, 6) is -0.154. The second-order valence-electron chi connectivity index (χ2n) is 4.99. The van der Waals surface area contributed by atoms with Gasteiger partial charge in [-0.3, -0.25) is 19.3 Å². The lowest BCUT2D eigenvalue weighted by molar-refractivity contribution is -0.125. The van der Waals surface area contributed by atoms with E-state index >= 15 is 0 Å². The normalized spacial score (nSPS) is 13.9. The number of hydrogen-bond acceptors (Lipinski definition) is 5. The van der Waals surface area contributed by atoms with E-state index in [1.807, 2.05) is 0 Å². The van der Waals surface area contributed by atoms with Crippen molar-refractivity contribution in [3.63, 3.8) is 0 Å². The van der Waals surface area contributed by atoms with Crippen LogP contribution in [0.2, 0.25) is 0 Å². The van der Waals surface area contributed by atoms with Crippen molar-refractivity contribution < 1.29 is 14.4 Å². The Morgan fingerprint density at radius 2 is 2.09 bits per heavy atom. The molecule has 0 radical (unpaired) electrons. The maximum Gasteiger partial charge on any atom is 0.289 e. The van der Waals surface area contributed by atoms with Crippen molar-refractivity contribution in [1.29, 1.82) is 0 Å². The molecule has 1 aliphatic heterocycles. The molecule has 126 valence electrons. The summed E-state index contributed by atoms with van der Waals surface area (Å²) in [7, 11) is 0. The van der Waals surface area contributed by atoms with Crippen molar-refractivity contribution in [2.24, 2.45) is 5.73 Å². The Bertz CT molecular complexity index is 567. The van der Waals surface area contributed by atoms with Crippen LogP contribution in [-0.4, -0.2) is 40.8 Å². The van der Waals surface area contributed by atoms with E-state index in [1.54, 1.807) is 24.3 Å². The molecule has 8 heteroatoms. The minimum atomic E-state index is -0.235. The topological polar surface area (TPSA) is 92.5 Å². The molecule has 2 rings (SSSR count). The van der Waals surface area contributed by atoms with E-state index in [9.17, 15) is 14.4 Å². The highest BCUT2D eigenvalue weighted by Gasteiger charge is 2.29. The van der Waals surface area contributed by atoms with E-state index in [0.717, 1.165) is 30.2 Å². The monoisotopic (exact) mass is 357 g/mol. The van der Waals surface area contributed by atoms with Crippen molar-refractivity contribution >= 4 is 41.2 Å². The summed E-state index contributed by atoms with van der Waals surface area (Å²) in [6.45, 7) is 1.40. The molecule has 6 nitrogen and oxygen atoms in total. The number of carbonyl (C=O) groups is 3. The first kappa shape index (κ1) is 19.5. The highest BCUT2D eigenvalue weighted by molar-refractivity contribution is 8.14. The third kappa shape index (κ3) is 5.53. The van der Waals surface area contributed by atoms with Crippen LogP contribution in [0.15, 0.2) is 24.3 Å². The fraction of sp³-hybridized carbons (Fsp3) is 0.400. The average Bonchev–Trinajstić information content (AvgIpc) is 2.83. The highest BCUT2D eigenvalue weighted by atomic mass is 35.5. The minimum Gasteiger partial charge on any atom is -0.352 e. The zero-order chi connectivity index (χ0) is 15.9. The van der Waals surface area contributed by atoms with Gasteiger partial charge in [0.25, 0.3) is 11.1 Å². The van der Waals surface area contributed by atoms with E-state index in [4.69, 9.17) is 5.73 Å². The Morgan fingerprint density at radius 1 is 1.30 bits per heavy atom. The van der Waals surface area contributed by atoms with Gasteiger partial charge in [0.2, 0.25) is 5.91 Å². The van der Waals surface area contributed by atoms with Gasteiger partial charge in [-0.15, -0.1) is 12.4 Å². The van der Waals surface area contributed by atoms with E-state index in [-0.39, 0.29) is 41.8 Å². The van der Waals surface area contributed by atoms with Crippen LogP contribution in [0.5, 0.6) is 0 Å². The second kappa shape index (κ2) is 9.54. The Kier molecular flexibility index (Phi) is 8.08. The highest BCUT2D eigenvalue weighted by Crippen LogP contribution is 2.21. The molecule has 1 heterocycles. The number of rotatable bonds is 7. The van der Waals surface area contributed by atoms with Gasteiger partial charge in [-0.25, -0.2) is 0 Å². The molecular formula is C15H20ClN3O3S. The summed E-state index contributed by atoms with van der Waals surface area (Å²) in [6, 6.07) is 6.98. The van der Waals surface area contributed by atoms with Crippen molar-refractivity contribution in [3.05, 3.63) is 35.4 Å². The number of nitrogens with two attached hydrogens (primary N) is 1. The Hall–Kier alpha value is -1.57. The van der Waals surface area contributed by atoms with Gasteiger partial charge >= 0.3 is 0 Å². The van der Waals surface area contributed by atoms with Gasteiger partial charge in [0.15, 0.2) is 0 Å². The number of amides is 3. The largest absolute Gasteiger partial charge is 0.352 e. The third-order valence-corrected chi connectivity index (χ3v) is 4.15. The molecule has 0 aromatic heterocycles. The van der Waals surface area contributed by atoms with Crippen molar-refractivity contribution in [2.75, 3.05) is 18.8 Å². The minimum absolute atomic E-state index is 0. The summed E-state index contributed by atoms with van der Waals surface area (Å²) >= 11 is 1.01. The second-order valence-corrected chi connectivity index (χ2v) is 5.91. The maximum atomic E-state index is 12.0. The number of imide groups is 1. The summed E-state index contributed by atoms with van der Waals surface area (Å²) in [5, 5.41) is 2.59. The molecule has 0 atom stereocenters. The molecule has 3 N–H and O–H groups in total. The summed E-state index contributed by atoms with van der Waals surface area (Å²) in [4.78, 5) is 36.4. The number of nitrogens with one attached hydrogen (secondary N) is 1. The van der Waals surface area contributed by atoms with Crippen LogP contribution in [0, 0.1) is 0 Å². The van der Waals surface area contributed by atoms with Crippen LogP contribution in [-0.2, 0) is 11.3 Å². The quantitative estimate of drug-likeness (QED) is 0.725. The van der Waals surface area contributed by atoms with E-state index in [2.05, 4.69) is 5.32 Å². The van der Waals surface area contributed by atoms with Crippen molar-refractivity contribution in [2.45, 2.75) is 19.4 Å². The molecule has 3 amide bonds. The molecule has 1 fully saturated rings. The fourth-order valence-electron chi connectivity index (χ4n) is 2.10. The molecule has 0 spiro atoms. The first-order valence-electron chi connectivity index (χ1n) is 7.16. The van der Waals surface area contributed by atoms with Crippen LogP contribution in [0.3, 0.4) is 0 Å². The number of benzene rings is 1. The average molecular weight is 358 g/mol. The Labute approximate surface area is 145 Å². The van der Waals surface area contributed by atoms with Gasteiger partial charge in [0, 0.05) is 12.1 Å². The van der Waals surface area contributed by atoms with Gasteiger partial charge < -0.3 is 11.1 Å². The number of carbonyl (C=O) groups excluding carboxylic acids is 3. The molecule has 1 saturated heterocycles. The van der Waals surface area contributed by atoms with E-state index in [0.29, 0.717) is 18.7 Å². The molecule has 1 aromatic carbocycles. The lowest BCUT2D eigenvalue weighted by atomic mass is 10.1. The van der Waals surface area contributed by atoms with Crippen LogP contribution < -0.4 is 11.1 Å². The molecule has 0 saturated carbocycles. The van der Waals surface area contributed by atoms with E-state index in [1.165, 1.54) is 4.90 Å². The number of thioether (sulfide) groups is 1. The number of halogens is 1. The zero-order valence-electron chi connectivity index (χ0n) is 12.6. The van der Waals surface area contributed by atoms with Gasteiger partial charge in [-0.05, 0) is 37.1 Å². The third-order valence-electron chi connectivity index (χ3n) is 3.29. The molecule has 0 aliphatic carbocycles. The molecule has 0 unspecified atom stereocenters. The Morgan fingerprint density at radius 3 is 2.74 bits per heavy atom. The first-order valence-corrected chi connectivity index (χ1v) is 8.14. The van der Waals surface area contributed by atoms with Crippen LogP contribution in [0.4, 0.5) is 4.79 Å². The van der Waals surface area contributed by atoms with E-state index < -0.39 is 0 Å². The summed E-state index contributed by atoms with van der Waals surface area (Å²) in [6.07, 6.45) is 1.72. The zero-order valence-corrected chi connectivity index (χ0v) is 14.3. The van der Waals surface area contributed by atoms with Gasteiger partial charge in [-0.1, -0.05) is 23.9 Å². The van der Waals surface area contributed by atoms with Gasteiger partial charge in [0.1, 0.15) is 0 Å². The summed E-state index contributed by atoms with van der Waals surface area (Å²) in [5.41, 5.74) is 6.69. The predicted octanol–water partition coefficient (Wildman–Crippen LogP) is 1.77. The SMILES string of the molecule is Cl.NCCCCNC(=O)c1cccc(CN2C(=O)CSC2=O)c1. The fourth-order valence-corrected chi connectivity index (χ4v) is 2.83. The molecule has 0 bridgehead atoms. The molecule has 1 aromatic rings. The first-order chi connectivity index (χ1) is 10.6. The lowest BCUT2D eigenvalue weighted by Gasteiger charge is -2.13. The van der Waals surface area contributed by atoms with Crippen molar-refractivity contribution in [1.82, 2.24) is 10.2 Å². The number of hydrogen-bond donors (Lipinski definition) is 2. The van der Waals surface area contributed by atoms with Crippen LogP contribution in [0.1, 0.15) is 28.8 Å². The maximum absolute atomic E-state index is 12.0. The number of nitrogens with zero attached hydrogens (tertiary/aromatic N) is 1. The summed E-state index contributed by atoms with van der Waals surface area (Å²) < 4.78 is 0. The molecule has 1 aliphatic rings. The number of unbranched alkanes of at least 4 members (excludes halogenated alkanes) is 1. The standard InChI is InChI=1S/C15H19N3O3S.ClH/c16-6-1-2-7-17-14(20)12-5-3-4-11(8-12)9-18-13(19)10-22-15(18)21;/h3-5,8H,1-2,6-7,9-10,16H2,(H,17,20);1H. The van der Waals surface area contributed by atoms with Crippen LogP contribution in [0.25, 0.3) is 0 Å². The molecular weight excluding hydrogens is 338 g/mol. The van der Waals surface area contributed by atoms with Crippen LogP contribution >= 0.6 is 24.2 Å². The van der Waals surface area contributed by atoms with Crippen molar-refractivity contribution in [3.8, 4) is 0 Å². The van der Waals surface area contributed by atoms with Gasteiger partial charge in [-0.2, -0.15) is 0 Å². The lowest BCUT2D eigenvalue weighted by Crippen LogP contribution is -2.28. The predicted molar refractivity (Wildman–Crippen MR) is 92.7 cm³/mol. The smallest absolute Gasteiger partial charge is 0.289 e. The molecule has 23 heavy (non-hydrogen) atoms. The Balaban J connectivity index is 0.00000264. The van der Waals surface area contributed by atoms with Gasteiger partial charge in [0.05, 0.1) is 12.3 Å².